The third-order valence-corrected chi connectivity index (χ3v) is 14.8. The molecule has 0 amide bonds. The first kappa shape index (κ1) is 37.5. The molecule has 0 bridgehead atoms. The van der Waals surface area contributed by atoms with Crippen molar-refractivity contribution in [2.75, 3.05) is 0 Å². The molecule has 1 aliphatic rings. The van der Waals surface area contributed by atoms with E-state index in [1.165, 1.54) is 42.4 Å². The van der Waals surface area contributed by atoms with E-state index in [4.69, 9.17) is 0 Å². The normalized spacial score (nSPS) is 11.2. The minimum absolute atomic E-state index is 0. The molecular formula is C39H41Cl2OSiTi-2. The number of halogens is 2. The van der Waals surface area contributed by atoms with Crippen molar-refractivity contribution in [3.05, 3.63) is 155 Å². The molecule has 44 heavy (non-hydrogen) atoms. The topological polar surface area (TPSA) is 20.2 Å². The van der Waals surface area contributed by atoms with Crippen LogP contribution in [-0.4, -0.2) is 17.0 Å². The van der Waals surface area contributed by atoms with Gasteiger partial charge in [-0.2, -0.15) is 29.8 Å². The number of aryl methyl sites for hydroxylation is 1. The van der Waals surface area contributed by atoms with Gasteiger partial charge in [-0.1, -0.05) is 80.5 Å². The number of phenolic OH excluding ortho intramolecular Hbond substituents is 1. The summed E-state index contributed by atoms with van der Waals surface area (Å²) in [6.45, 7) is 13.6. The summed E-state index contributed by atoms with van der Waals surface area (Å²) in [4.78, 5) is 0. The summed E-state index contributed by atoms with van der Waals surface area (Å²) in [5.41, 5.74) is 9.24. The molecule has 6 rings (SSSR count). The molecule has 1 aliphatic carbocycles. The molecule has 0 atom stereocenters. The van der Waals surface area contributed by atoms with Gasteiger partial charge in [0, 0.05) is 0 Å². The third-order valence-electron chi connectivity index (χ3n) is 8.40. The number of hydrogen-bond donors (Lipinski definition) is 1. The van der Waals surface area contributed by atoms with Gasteiger partial charge in [0.2, 0.25) is 0 Å². The van der Waals surface area contributed by atoms with Crippen LogP contribution in [0.25, 0.3) is 11.1 Å². The molecule has 0 fully saturated rings. The second-order valence-electron chi connectivity index (χ2n) is 12.4. The second kappa shape index (κ2) is 16.6. The van der Waals surface area contributed by atoms with Crippen molar-refractivity contribution in [1.29, 1.82) is 0 Å². The summed E-state index contributed by atoms with van der Waals surface area (Å²) in [7, 11) is -1.50. The molecule has 5 aromatic carbocycles. The van der Waals surface area contributed by atoms with Crippen LogP contribution in [0.2, 0.25) is 18.1 Å². The van der Waals surface area contributed by atoms with E-state index >= 15 is 0 Å². The maximum Gasteiger partial charge on any atom is -0.0253 e. The Hall–Kier alpha value is -2.72. The fraction of sp³-hybridized carbons (Fsp3) is 0.205. The summed E-state index contributed by atoms with van der Waals surface area (Å²) in [5.74, 6) is 0.398. The van der Waals surface area contributed by atoms with Crippen molar-refractivity contribution in [3.8, 4) is 16.9 Å². The van der Waals surface area contributed by atoms with Crippen LogP contribution < -0.4 is 30.0 Å². The van der Waals surface area contributed by atoms with Crippen LogP contribution >= 0.6 is 0 Å². The Morgan fingerprint density at radius 1 is 0.727 bits per heavy atom. The Morgan fingerprint density at radius 2 is 1.25 bits per heavy atom. The quantitative estimate of drug-likeness (QED) is 0.226. The van der Waals surface area contributed by atoms with Gasteiger partial charge < -0.3 is 29.9 Å². The van der Waals surface area contributed by atoms with E-state index in [0.29, 0.717) is 10.8 Å². The number of aromatic hydroxyl groups is 1. The van der Waals surface area contributed by atoms with Crippen LogP contribution in [0.15, 0.2) is 121 Å². The molecule has 0 saturated heterocycles. The van der Waals surface area contributed by atoms with Gasteiger partial charge in [0.15, 0.2) is 0 Å². The number of rotatable bonds is 3. The van der Waals surface area contributed by atoms with Crippen molar-refractivity contribution in [2.24, 2.45) is 0 Å². The van der Waals surface area contributed by atoms with Crippen molar-refractivity contribution >= 4 is 17.1 Å². The standard InChI is InChI=1S/C13H22OSi.C13H9.C13H10.2ClH.Ti/c1-10-7-11(14)9-12(8-10)15(5,6)13(2,3)4;1-3-7-12-10(5-1)9-11-6-2-4-8-13(11)12;1-3-7-12(8-4-1)11-13-9-5-2-6-10-13;;;/h7-9,14H,1-6H3;1-5,7-8H,9H2;1-10H;2*1H;/q;-1;;;;+1/p-2. The molecule has 1 nitrogen and oxygen atoms in total. The molecule has 0 spiro atoms. The van der Waals surface area contributed by atoms with Gasteiger partial charge >= 0.3 is 95.6 Å². The van der Waals surface area contributed by atoms with E-state index in [1.807, 2.05) is 37.3 Å². The molecule has 1 N–H and O–H groups in total. The third kappa shape index (κ3) is 9.39. The Labute approximate surface area is 289 Å². The van der Waals surface area contributed by atoms with Crippen LogP contribution in [0.4, 0.5) is 0 Å². The summed E-state index contributed by atoms with van der Waals surface area (Å²) in [6, 6.07) is 45.0. The van der Waals surface area contributed by atoms with Gasteiger partial charge in [0.05, 0.1) is 8.07 Å². The minimum Gasteiger partial charge on any atom is -0.179 e. The smallest absolute Gasteiger partial charge is 0.0253 e. The molecule has 0 aromatic heterocycles. The first-order valence-corrected chi connectivity index (χ1v) is 18.3. The predicted octanol–water partition coefficient (Wildman–Crippen LogP) is 3.28. The second-order valence-corrected chi connectivity index (χ2v) is 18.5. The molecule has 0 saturated carbocycles. The van der Waals surface area contributed by atoms with Gasteiger partial charge in [0.25, 0.3) is 0 Å². The van der Waals surface area contributed by atoms with E-state index in [2.05, 4.69) is 151 Å². The zero-order valence-electron chi connectivity index (χ0n) is 26.5. The van der Waals surface area contributed by atoms with Gasteiger partial charge in [-0.15, -0.1) is 5.56 Å². The molecule has 0 radical (unpaired) electrons. The largest absolute Gasteiger partial charge is 0.179 e. The molecular weight excluding hydrogens is 631 g/mol. The number of hydrogen-bond acceptors (Lipinski definition) is 1. The van der Waals surface area contributed by atoms with Crippen molar-refractivity contribution in [1.82, 2.24) is 0 Å². The average Bonchev–Trinajstić information content (AvgIpc) is 3.36. The maximum absolute atomic E-state index is 9.65. The van der Waals surface area contributed by atoms with Crippen molar-refractivity contribution in [2.45, 2.75) is 52.2 Å². The SMILES string of the molecule is Cc1cc(O)cc([Si](C)(C)C(C)(C)C)c1.[Cl-].[Cl-].[Ti+]=[C](c1ccccc1)c1ccccc1.[c-]1cccc2c1Cc1ccccc1-2. The number of fused-ring (bicyclic) bond motifs is 3. The van der Waals surface area contributed by atoms with Gasteiger partial charge in [-0.25, -0.2) is 0 Å². The van der Waals surface area contributed by atoms with Crippen LogP contribution in [-0.2, 0) is 26.4 Å². The van der Waals surface area contributed by atoms with E-state index in [0.717, 1.165) is 12.0 Å². The van der Waals surface area contributed by atoms with Gasteiger partial charge in [-0.3, -0.25) is 0 Å². The zero-order chi connectivity index (χ0) is 30.3. The summed E-state index contributed by atoms with van der Waals surface area (Å²) >= 11 is 2.16. The summed E-state index contributed by atoms with van der Waals surface area (Å²) in [6.07, 6.45) is 1.05. The van der Waals surface area contributed by atoms with Gasteiger partial charge in [0.1, 0.15) is 5.75 Å². The van der Waals surface area contributed by atoms with Crippen LogP contribution in [0.1, 0.15) is 48.6 Å². The molecule has 0 aliphatic heterocycles. The molecule has 0 unspecified atom stereocenters. The van der Waals surface area contributed by atoms with Crippen molar-refractivity contribution in [3.63, 3.8) is 0 Å². The van der Waals surface area contributed by atoms with Crippen LogP contribution in [0.5, 0.6) is 5.75 Å². The van der Waals surface area contributed by atoms with E-state index in [9.17, 15) is 5.11 Å². The average molecular weight is 673 g/mol. The number of benzene rings is 5. The maximum atomic E-state index is 9.65. The Balaban J connectivity index is 0.000000225. The Kier molecular flexibility index (Phi) is 14.1. The molecule has 0 heterocycles. The molecule has 5 aromatic rings. The van der Waals surface area contributed by atoms with E-state index < -0.39 is 8.07 Å². The van der Waals surface area contributed by atoms with Crippen LogP contribution in [0, 0.1) is 13.0 Å². The van der Waals surface area contributed by atoms with Crippen LogP contribution in [0.3, 0.4) is 0 Å². The number of phenols is 1. The van der Waals surface area contributed by atoms with Gasteiger partial charge in [-0.05, 0) is 36.1 Å². The molecule has 227 valence electrons. The van der Waals surface area contributed by atoms with Crippen molar-refractivity contribution < 1.29 is 49.9 Å². The first-order valence-electron chi connectivity index (χ1n) is 14.6. The minimum atomic E-state index is -1.50. The summed E-state index contributed by atoms with van der Waals surface area (Å²) in [5, 5.41) is 11.3. The fourth-order valence-electron chi connectivity index (χ4n) is 4.93. The Morgan fingerprint density at radius 3 is 1.80 bits per heavy atom. The summed E-state index contributed by atoms with van der Waals surface area (Å²) < 4.78 is 1.33. The monoisotopic (exact) mass is 671 g/mol. The van der Waals surface area contributed by atoms with E-state index in [-0.39, 0.29) is 24.8 Å². The zero-order valence-corrected chi connectivity index (χ0v) is 30.5. The fourth-order valence-corrected chi connectivity index (χ4v) is 7.41. The predicted molar refractivity (Wildman–Crippen MR) is 179 cm³/mol. The van der Waals surface area contributed by atoms with E-state index in [1.54, 1.807) is 0 Å². The molecule has 5 heteroatoms. The first-order chi connectivity index (χ1) is 20.0. The Bertz CT molecular complexity index is 1540.